The average molecular weight is 270 g/mol. The fourth-order valence-electron chi connectivity index (χ4n) is 2.39. The van der Waals surface area contributed by atoms with Gasteiger partial charge in [0.1, 0.15) is 6.10 Å². The van der Waals surface area contributed by atoms with Gasteiger partial charge < -0.3 is 20.9 Å². The van der Waals surface area contributed by atoms with E-state index in [9.17, 15) is 15.0 Å². The molecule has 0 aliphatic rings. The summed E-state index contributed by atoms with van der Waals surface area (Å²) in [5.74, 6) is -0.948. The Kier molecular flexibility index (Phi) is 2.93. The number of aliphatic hydroxyl groups is 2. The van der Waals surface area contributed by atoms with Crippen molar-refractivity contribution in [3.05, 3.63) is 48.0 Å². The number of benzene rings is 2. The third-order valence-electron chi connectivity index (χ3n) is 3.46. The van der Waals surface area contributed by atoms with Gasteiger partial charge in [0.05, 0.1) is 0 Å². The second-order valence-corrected chi connectivity index (χ2v) is 4.77. The smallest absolute Gasteiger partial charge is 0.249 e. The summed E-state index contributed by atoms with van der Waals surface area (Å²) in [5, 5.41) is 21.5. The summed E-state index contributed by atoms with van der Waals surface area (Å²) in [6.45, 7) is 0. The van der Waals surface area contributed by atoms with E-state index in [1.807, 2.05) is 30.3 Å². The molecule has 1 heterocycles. The summed E-state index contributed by atoms with van der Waals surface area (Å²) in [4.78, 5) is 14.2. The molecule has 0 fully saturated rings. The van der Waals surface area contributed by atoms with Crippen LogP contribution in [0.3, 0.4) is 0 Å². The van der Waals surface area contributed by atoms with Gasteiger partial charge in [-0.25, -0.2) is 0 Å². The number of primary amides is 1. The van der Waals surface area contributed by atoms with Crippen molar-refractivity contribution >= 4 is 27.7 Å². The first kappa shape index (κ1) is 12.7. The van der Waals surface area contributed by atoms with Crippen LogP contribution in [0.2, 0.25) is 0 Å². The maximum atomic E-state index is 10.9. The number of nitrogens with two attached hydrogens (primary N) is 1. The predicted molar refractivity (Wildman–Crippen MR) is 76.0 cm³/mol. The van der Waals surface area contributed by atoms with E-state index in [2.05, 4.69) is 4.98 Å². The Balaban J connectivity index is 2.14. The molecule has 20 heavy (non-hydrogen) atoms. The van der Waals surface area contributed by atoms with Gasteiger partial charge in [-0.05, 0) is 23.8 Å². The molecule has 0 aliphatic carbocycles. The number of nitrogens with one attached hydrogen (secondary N) is 1. The van der Waals surface area contributed by atoms with Crippen LogP contribution >= 0.6 is 0 Å². The standard InChI is InChI=1S/C15H14N2O3/c16-15(20)14(19)13(18)8-5-6-12-10(7-8)9-3-1-2-4-11(9)17-12/h1-7,13-14,17-19H,(H2,16,20). The highest BCUT2D eigenvalue weighted by Gasteiger charge is 2.23. The van der Waals surface area contributed by atoms with Gasteiger partial charge in [0, 0.05) is 21.8 Å². The zero-order chi connectivity index (χ0) is 14.3. The Morgan fingerprint density at radius 3 is 2.50 bits per heavy atom. The fraction of sp³-hybridized carbons (Fsp3) is 0.133. The average Bonchev–Trinajstić information content (AvgIpc) is 2.83. The lowest BCUT2D eigenvalue weighted by Crippen LogP contribution is -2.33. The molecule has 2 atom stereocenters. The molecule has 5 heteroatoms. The van der Waals surface area contributed by atoms with Crippen LogP contribution in [-0.4, -0.2) is 27.2 Å². The van der Waals surface area contributed by atoms with Crippen LogP contribution in [0.15, 0.2) is 42.5 Å². The van der Waals surface area contributed by atoms with E-state index in [0.29, 0.717) is 5.56 Å². The predicted octanol–water partition coefficient (Wildman–Crippen LogP) is 1.20. The summed E-state index contributed by atoms with van der Waals surface area (Å²) in [5.41, 5.74) is 7.37. The lowest BCUT2D eigenvalue weighted by atomic mass is 10.0. The normalized spacial score (nSPS) is 14.5. The van der Waals surface area contributed by atoms with Crippen LogP contribution in [0.25, 0.3) is 21.8 Å². The molecular weight excluding hydrogens is 256 g/mol. The molecule has 3 aromatic rings. The van der Waals surface area contributed by atoms with Crippen LogP contribution in [0, 0.1) is 0 Å². The summed E-state index contributed by atoms with van der Waals surface area (Å²) < 4.78 is 0. The third-order valence-corrected chi connectivity index (χ3v) is 3.46. The molecule has 5 nitrogen and oxygen atoms in total. The number of aromatic amines is 1. The van der Waals surface area contributed by atoms with Crippen LogP contribution < -0.4 is 5.73 Å². The molecule has 3 rings (SSSR count). The zero-order valence-electron chi connectivity index (χ0n) is 10.6. The number of hydrogen-bond donors (Lipinski definition) is 4. The number of carbonyl (C=O) groups excluding carboxylic acids is 1. The van der Waals surface area contributed by atoms with Gasteiger partial charge in [-0.15, -0.1) is 0 Å². The van der Waals surface area contributed by atoms with Crippen molar-refractivity contribution in [2.24, 2.45) is 5.73 Å². The van der Waals surface area contributed by atoms with Gasteiger partial charge in [-0.1, -0.05) is 24.3 Å². The van der Waals surface area contributed by atoms with Gasteiger partial charge >= 0.3 is 0 Å². The van der Waals surface area contributed by atoms with Gasteiger partial charge in [-0.3, -0.25) is 4.79 Å². The number of aromatic nitrogens is 1. The molecule has 1 amide bonds. The molecule has 2 unspecified atom stereocenters. The van der Waals surface area contributed by atoms with Gasteiger partial charge in [0.25, 0.3) is 0 Å². The SMILES string of the molecule is NC(=O)C(O)C(O)c1ccc2[nH]c3ccccc3c2c1. The summed E-state index contributed by atoms with van der Waals surface area (Å²) in [7, 11) is 0. The van der Waals surface area contributed by atoms with Crippen LogP contribution in [0.4, 0.5) is 0 Å². The number of aliphatic hydroxyl groups excluding tert-OH is 2. The largest absolute Gasteiger partial charge is 0.385 e. The monoisotopic (exact) mass is 270 g/mol. The summed E-state index contributed by atoms with van der Waals surface area (Å²) in [6.07, 6.45) is -2.94. The number of carbonyl (C=O) groups is 1. The fourth-order valence-corrected chi connectivity index (χ4v) is 2.39. The molecule has 0 saturated carbocycles. The summed E-state index contributed by atoms with van der Waals surface area (Å²) in [6, 6.07) is 13.0. The first-order valence-electron chi connectivity index (χ1n) is 6.24. The number of rotatable bonds is 3. The van der Waals surface area contributed by atoms with E-state index in [1.165, 1.54) is 0 Å². The molecule has 0 aliphatic heterocycles. The maximum Gasteiger partial charge on any atom is 0.249 e. The zero-order valence-corrected chi connectivity index (χ0v) is 10.6. The van der Waals surface area contributed by atoms with Crippen LogP contribution in [0.5, 0.6) is 0 Å². The lowest BCUT2D eigenvalue weighted by molar-refractivity contribution is -0.131. The molecular formula is C15H14N2O3. The van der Waals surface area contributed by atoms with Crippen molar-refractivity contribution in [3.8, 4) is 0 Å². The van der Waals surface area contributed by atoms with Crippen molar-refractivity contribution < 1.29 is 15.0 Å². The van der Waals surface area contributed by atoms with Crippen molar-refractivity contribution in [1.82, 2.24) is 4.98 Å². The number of amides is 1. The minimum atomic E-state index is -1.61. The second-order valence-electron chi connectivity index (χ2n) is 4.77. The number of hydrogen-bond acceptors (Lipinski definition) is 3. The van der Waals surface area contributed by atoms with Gasteiger partial charge in [0.2, 0.25) is 5.91 Å². The highest BCUT2D eigenvalue weighted by atomic mass is 16.3. The van der Waals surface area contributed by atoms with E-state index in [1.54, 1.807) is 12.1 Å². The molecule has 5 N–H and O–H groups in total. The van der Waals surface area contributed by atoms with E-state index in [4.69, 9.17) is 5.73 Å². The minimum absolute atomic E-state index is 0.452. The molecule has 0 spiro atoms. The quantitative estimate of drug-likeness (QED) is 0.575. The number of H-pyrrole nitrogens is 1. The lowest BCUT2D eigenvalue weighted by Gasteiger charge is -2.15. The molecule has 2 aromatic carbocycles. The highest BCUT2D eigenvalue weighted by Crippen LogP contribution is 2.28. The topological polar surface area (TPSA) is 99.3 Å². The van der Waals surface area contributed by atoms with Crippen LogP contribution in [0.1, 0.15) is 11.7 Å². The van der Waals surface area contributed by atoms with Crippen molar-refractivity contribution in [2.75, 3.05) is 0 Å². The van der Waals surface area contributed by atoms with E-state index < -0.39 is 18.1 Å². The van der Waals surface area contributed by atoms with E-state index in [-0.39, 0.29) is 0 Å². The van der Waals surface area contributed by atoms with E-state index in [0.717, 1.165) is 21.8 Å². The maximum absolute atomic E-state index is 10.9. The Hall–Kier alpha value is -2.37. The molecule has 102 valence electrons. The van der Waals surface area contributed by atoms with E-state index >= 15 is 0 Å². The first-order valence-corrected chi connectivity index (χ1v) is 6.24. The Morgan fingerprint density at radius 2 is 1.75 bits per heavy atom. The highest BCUT2D eigenvalue weighted by molar-refractivity contribution is 6.07. The molecule has 0 bridgehead atoms. The van der Waals surface area contributed by atoms with Crippen LogP contribution in [-0.2, 0) is 4.79 Å². The number of fused-ring (bicyclic) bond motifs is 3. The molecule has 1 aromatic heterocycles. The molecule has 0 saturated heterocycles. The Bertz CT molecular complexity index is 794. The summed E-state index contributed by atoms with van der Waals surface area (Å²) >= 11 is 0. The second kappa shape index (κ2) is 4.63. The molecule has 0 radical (unpaired) electrons. The van der Waals surface area contributed by atoms with Gasteiger partial charge in [-0.2, -0.15) is 0 Å². The van der Waals surface area contributed by atoms with Crippen molar-refractivity contribution in [1.29, 1.82) is 0 Å². The Labute approximate surface area is 114 Å². The van der Waals surface area contributed by atoms with Crippen molar-refractivity contribution in [2.45, 2.75) is 12.2 Å². The number of para-hydroxylation sites is 1. The third kappa shape index (κ3) is 1.93. The van der Waals surface area contributed by atoms with Gasteiger partial charge in [0.15, 0.2) is 6.10 Å². The minimum Gasteiger partial charge on any atom is -0.385 e. The first-order chi connectivity index (χ1) is 9.58. The Morgan fingerprint density at radius 1 is 1.05 bits per heavy atom. The van der Waals surface area contributed by atoms with Crippen molar-refractivity contribution in [3.63, 3.8) is 0 Å².